The van der Waals surface area contributed by atoms with E-state index in [2.05, 4.69) is 10.1 Å². The molecule has 0 aromatic heterocycles. The molecule has 0 aliphatic heterocycles. The first-order valence-corrected chi connectivity index (χ1v) is 10.2. The van der Waals surface area contributed by atoms with Crippen LogP contribution >= 0.6 is 0 Å². The van der Waals surface area contributed by atoms with Gasteiger partial charge in [-0.05, 0) is 43.2 Å². The summed E-state index contributed by atoms with van der Waals surface area (Å²) < 4.78 is 29.7. The number of ether oxygens (including phenoxy) is 1. The van der Waals surface area contributed by atoms with Crippen molar-refractivity contribution in [2.45, 2.75) is 35.3 Å². The Morgan fingerprint density at radius 3 is 2.30 bits per heavy atom. The van der Waals surface area contributed by atoms with Crippen LogP contribution in [0.25, 0.3) is 0 Å². The molecule has 2 aromatic carbocycles. The Kier molecular flexibility index (Phi) is 5.32. The van der Waals surface area contributed by atoms with Crippen molar-refractivity contribution >= 4 is 27.4 Å². The Labute approximate surface area is 158 Å². The van der Waals surface area contributed by atoms with E-state index in [-0.39, 0.29) is 23.3 Å². The van der Waals surface area contributed by atoms with Gasteiger partial charge in [0.2, 0.25) is 5.91 Å². The summed E-state index contributed by atoms with van der Waals surface area (Å²) in [4.78, 5) is 24.9. The molecule has 27 heavy (non-hydrogen) atoms. The summed E-state index contributed by atoms with van der Waals surface area (Å²) in [5.74, 6) is -1.09. The molecule has 142 valence electrons. The molecule has 6 nitrogen and oxygen atoms in total. The minimum atomic E-state index is -3.85. The van der Waals surface area contributed by atoms with Gasteiger partial charge in [0, 0.05) is 5.69 Å². The van der Waals surface area contributed by atoms with E-state index >= 15 is 0 Å². The van der Waals surface area contributed by atoms with Gasteiger partial charge in [-0.1, -0.05) is 37.1 Å². The van der Waals surface area contributed by atoms with Gasteiger partial charge in [0.25, 0.3) is 0 Å². The van der Waals surface area contributed by atoms with Crippen molar-refractivity contribution in [1.29, 1.82) is 0 Å². The van der Waals surface area contributed by atoms with Gasteiger partial charge in [-0.2, -0.15) is 0 Å². The van der Waals surface area contributed by atoms with E-state index in [0.29, 0.717) is 18.5 Å². The largest absolute Gasteiger partial charge is 0.465 e. The van der Waals surface area contributed by atoms with Crippen LogP contribution in [0.2, 0.25) is 0 Å². The highest BCUT2D eigenvalue weighted by Crippen LogP contribution is 2.41. The predicted octanol–water partition coefficient (Wildman–Crippen LogP) is 3.20. The molecule has 0 radical (unpaired) electrons. The molecule has 0 heterocycles. The van der Waals surface area contributed by atoms with E-state index in [1.807, 2.05) is 0 Å². The van der Waals surface area contributed by atoms with E-state index < -0.39 is 26.5 Å². The standard InChI is InChI=1S/C20H21NO5S/c1-26-18(22)15-8-7-9-16(14-15)21-19(23)20(12-5-6-13-20)27(24,25)17-10-3-2-4-11-17/h2-4,7-11,14H,5-6,12-13H2,1H3,(H,21,23). The fourth-order valence-electron chi connectivity index (χ4n) is 3.48. The van der Waals surface area contributed by atoms with Crippen molar-refractivity contribution in [3.05, 3.63) is 60.2 Å². The minimum Gasteiger partial charge on any atom is -0.465 e. The monoisotopic (exact) mass is 387 g/mol. The fraction of sp³-hybridized carbons (Fsp3) is 0.300. The van der Waals surface area contributed by atoms with Gasteiger partial charge in [0.05, 0.1) is 17.6 Å². The Morgan fingerprint density at radius 1 is 1.00 bits per heavy atom. The Hall–Kier alpha value is -2.67. The van der Waals surface area contributed by atoms with Crippen LogP contribution in [0, 0.1) is 0 Å². The van der Waals surface area contributed by atoms with Crippen molar-refractivity contribution in [2.24, 2.45) is 0 Å². The molecule has 2 aromatic rings. The lowest BCUT2D eigenvalue weighted by molar-refractivity contribution is -0.118. The maximum atomic E-state index is 13.3. The maximum absolute atomic E-state index is 13.3. The van der Waals surface area contributed by atoms with E-state index in [9.17, 15) is 18.0 Å². The number of sulfone groups is 1. The van der Waals surface area contributed by atoms with Crippen LogP contribution in [0.15, 0.2) is 59.5 Å². The molecular weight excluding hydrogens is 366 g/mol. The second-order valence-electron chi connectivity index (χ2n) is 6.54. The number of hydrogen-bond donors (Lipinski definition) is 1. The molecule has 0 bridgehead atoms. The van der Waals surface area contributed by atoms with Crippen molar-refractivity contribution in [1.82, 2.24) is 0 Å². The number of hydrogen-bond acceptors (Lipinski definition) is 5. The predicted molar refractivity (Wildman–Crippen MR) is 101 cm³/mol. The molecule has 0 saturated heterocycles. The first-order chi connectivity index (χ1) is 12.9. The van der Waals surface area contributed by atoms with Gasteiger partial charge in [0.15, 0.2) is 14.6 Å². The first-order valence-electron chi connectivity index (χ1n) is 8.70. The van der Waals surface area contributed by atoms with E-state index in [1.54, 1.807) is 36.4 Å². The van der Waals surface area contributed by atoms with Crippen molar-refractivity contribution < 1.29 is 22.7 Å². The third-order valence-corrected chi connectivity index (χ3v) is 7.45. The van der Waals surface area contributed by atoms with Crippen LogP contribution in [0.1, 0.15) is 36.0 Å². The molecule has 0 unspecified atom stereocenters. The van der Waals surface area contributed by atoms with E-state index in [4.69, 9.17) is 0 Å². The lowest BCUT2D eigenvalue weighted by atomic mass is 10.1. The Morgan fingerprint density at radius 2 is 1.67 bits per heavy atom. The molecule has 1 amide bonds. The zero-order chi connectivity index (χ0) is 19.5. The number of esters is 1. The van der Waals surface area contributed by atoms with Crippen LogP contribution in [-0.2, 0) is 19.4 Å². The zero-order valence-electron chi connectivity index (χ0n) is 15.0. The molecule has 1 saturated carbocycles. The van der Waals surface area contributed by atoms with Crippen molar-refractivity contribution in [3.8, 4) is 0 Å². The first kappa shape index (κ1) is 19.1. The fourth-order valence-corrected chi connectivity index (χ4v) is 5.56. The lowest BCUT2D eigenvalue weighted by Crippen LogP contribution is -2.47. The van der Waals surface area contributed by atoms with Gasteiger partial charge in [0.1, 0.15) is 0 Å². The van der Waals surface area contributed by atoms with Crippen molar-refractivity contribution in [3.63, 3.8) is 0 Å². The van der Waals surface area contributed by atoms with Gasteiger partial charge in [-0.3, -0.25) is 4.79 Å². The summed E-state index contributed by atoms with van der Waals surface area (Å²) in [6, 6.07) is 14.3. The molecule has 1 aliphatic carbocycles. The number of carbonyl (C=O) groups is 2. The topological polar surface area (TPSA) is 89.5 Å². The van der Waals surface area contributed by atoms with Crippen LogP contribution in [0.3, 0.4) is 0 Å². The highest BCUT2D eigenvalue weighted by Gasteiger charge is 2.52. The molecule has 7 heteroatoms. The quantitative estimate of drug-likeness (QED) is 0.796. The van der Waals surface area contributed by atoms with Gasteiger partial charge >= 0.3 is 5.97 Å². The highest BCUT2D eigenvalue weighted by atomic mass is 32.2. The molecular formula is C20H21NO5S. The normalized spacial score (nSPS) is 15.9. The SMILES string of the molecule is COC(=O)c1cccc(NC(=O)C2(S(=O)(=O)c3ccccc3)CCCC2)c1. The van der Waals surface area contributed by atoms with Crippen molar-refractivity contribution in [2.75, 3.05) is 12.4 Å². The number of amides is 1. The molecule has 0 atom stereocenters. The summed E-state index contributed by atoms with van der Waals surface area (Å²) in [7, 11) is -2.58. The molecule has 1 fully saturated rings. The molecule has 0 spiro atoms. The number of anilines is 1. The van der Waals surface area contributed by atoms with Crippen LogP contribution < -0.4 is 5.32 Å². The average molecular weight is 387 g/mol. The number of rotatable bonds is 5. The average Bonchev–Trinajstić information content (AvgIpc) is 3.20. The zero-order valence-corrected chi connectivity index (χ0v) is 15.8. The van der Waals surface area contributed by atoms with Crippen LogP contribution in [0.4, 0.5) is 5.69 Å². The van der Waals surface area contributed by atoms with Gasteiger partial charge in [-0.15, -0.1) is 0 Å². The van der Waals surface area contributed by atoms with Crippen LogP contribution in [0.5, 0.6) is 0 Å². The summed E-state index contributed by atoms with van der Waals surface area (Å²) in [6.07, 6.45) is 1.88. The highest BCUT2D eigenvalue weighted by molar-refractivity contribution is 7.93. The third kappa shape index (κ3) is 3.47. The molecule has 1 aliphatic rings. The number of benzene rings is 2. The number of nitrogens with one attached hydrogen (secondary N) is 1. The van der Waals surface area contributed by atoms with Crippen LogP contribution in [-0.4, -0.2) is 32.2 Å². The second kappa shape index (κ2) is 7.52. The molecule has 1 N–H and O–H groups in total. The number of carbonyl (C=O) groups excluding carboxylic acids is 2. The molecule has 3 rings (SSSR count). The summed E-state index contributed by atoms with van der Waals surface area (Å²) in [5.41, 5.74) is 0.638. The smallest absolute Gasteiger partial charge is 0.337 e. The summed E-state index contributed by atoms with van der Waals surface area (Å²) >= 11 is 0. The van der Waals surface area contributed by atoms with E-state index in [1.165, 1.54) is 25.3 Å². The lowest BCUT2D eigenvalue weighted by Gasteiger charge is -2.27. The minimum absolute atomic E-state index is 0.144. The third-order valence-electron chi connectivity index (χ3n) is 4.93. The van der Waals surface area contributed by atoms with Gasteiger partial charge < -0.3 is 10.1 Å². The van der Waals surface area contributed by atoms with Gasteiger partial charge in [-0.25, -0.2) is 13.2 Å². The number of methoxy groups -OCH3 is 1. The Bertz CT molecular complexity index is 947. The second-order valence-corrected chi connectivity index (χ2v) is 8.80. The summed E-state index contributed by atoms with van der Waals surface area (Å²) in [6.45, 7) is 0. The summed E-state index contributed by atoms with van der Waals surface area (Å²) in [5, 5.41) is 2.69. The maximum Gasteiger partial charge on any atom is 0.337 e. The van der Waals surface area contributed by atoms with E-state index in [0.717, 1.165) is 0 Å². The Balaban J connectivity index is 1.94.